The third-order valence-electron chi connectivity index (χ3n) is 4.97. The molecular formula is C20H29BrIN5O. The van der Waals surface area contributed by atoms with E-state index in [1.807, 2.05) is 0 Å². The molecule has 1 aromatic carbocycles. The predicted molar refractivity (Wildman–Crippen MR) is 127 cm³/mol. The lowest BCUT2D eigenvalue weighted by molar-refractivity contribution is 0.368. The second kappa shape index (κ2) is 10.6. The summed E-state index contributed by atoms with van der Waals surface area (Å²) in [5, 5.41) is 10.9. The van der Waals surface area contributed by atoms with Crippen LogP contribution in [0.3, 0.4) is 0 Å². The molecule has 1 saturated carbocycles. The van der Waals surface area contributed by atoms with E-state index in [-0.39, 0.29) is 29.4 Å². The molecular weight excluding hydrogens is 533 g/mol. The topological polar surface area (TPSA) is 75.3 Å². The van der Waals surface area contributed by atoms with Gasteiger partial charge in [-0.1, -0.05) is 47.1 Å². The Bertz CT molecular complexity index is 788. The predicted octanol–water partition coefficient (Wildman–Crippen LogP) is 4.40. The van der Waals surface area contributed by atoms with Gasteiger partial charge in [0.05, 0.1) is 0 Å². The van der Waals surface area contributed by atoms with Crippen LogP contribution in [0, 0.1) is 0 Å². The minimum Gasteiger partial charge on any atom is -0.356 e. The van der Waals surface area contributed by atoms with Crippen LogP contribution in [0.4, 0.5) is 0 Å². The Labute approximate surface area is 192 Å². The normalized spacial score (nSPS) is 15.2. The zero-order valence-electron chi connectivity index (χ0n) is 16.7. The van der Waals surface area contributed by atoms with Crippen molar-refractivity contribution in [1.82, 2.24) is 20.8 Å². The molecule has 0 bridgehead atoms. The molecule has 1 aliphatic carbocycles. The lowest BCUT2D eigenvalue weighted by atomic mass is 9.96. The molecule has 6 nitrogen and oxygen atoms in total. The van der Waals surface area contributed by atoms with Crippen molar-refractivity contribution in [2.24, 2.45) is 4.99 Å². The summed E-state index contributed by atoms with van der Waals surface area (Å²) in [5.41, 5.74) is 1.62. The van der Waals surface area contributed by atoms with E-state index in [0.29, 0.717) is 11.8 Å². The molecule has 1 heterocycles. The largest absolute Gasteiger partial charge is 0.356 e. The summed E-state index contributed by atoms with van der Waals surface area (Å²) in [6, 6.07) is 8.61. The van der Waals surface area contributed by atoms with Crippen LogP contribution in [-0.2, 0) is 11.8 Å². The first-order valence-electron chi connectivity index (χ1n) is 9.55. The molecule has 154 valence electrons. The van der Waals surface area contributed by atoms with Gasteiger partial charge >= 0.3 is 0 Å². The van der Waals surface area contributed by atoms with Crippen molar-refractivity contribution in [2.45, 2.75) is 50.9 Å². The summed E-state index contributed by atoms with van der Waals surface area (Å²) in [4.78, 5) is 8.74. The van der Waals surface area contributed by atoms with Crippen molar-refractivity contribution in [1.29, 1.82) is 0 Å². The standard InChI is InChI=1S/C20H28BrN5O.HI/c1-14(2)18-25-17(27-26-18)8-5-11-23-19(22-3)24-13-20(9-10-20)15-6-4-7-16(21)12-15;/h4,6-7,12,14H,5,8-11,13H2,1-3H3,(H2,22,23,24);1H. The van der Waals surface area contributed by atoms with Gasteiger partial charge in [-0.15, -0.1) is 24.0 Å². The van der Waals surface area contributed by atoms with Crippen molar-refractivity contribution in [2.75, 3.05) is 20.1 Å². The Hall–Kier alpha value is -1.16. The van der Waals surface area contributed by atoms with Crippen LogP contribution >= 0.6 is 39.9 Å². The summed E-state index contributed by atoms with van der Waals surface area (Å²) in [7, 11) is 1.81. The third kappa shape index (κ3) is 6.17. The molecule has 0 atom stereocenters. The zero-order valence-corrected chi connectivity index (χ0v) is 20.6. The van der Waals surface area contributed by atoms with Crippen LogP contribution < -0.4 is 10.6 Å². The highest BCUT2D eigenvalue weighted by Crippen LogP contribution is 2.48. The second-order valence-corrected chi connectivity index (χ2v) is 8.36. The Morgan fingerprint density at radius 2 is 2.11 bits per heavy atom. The smallest absolute Gasteiger partial charge is 0.226 e. The number of hydrogen-bond donors (Lipinski definition) is 2. The van der Waals surface area contributed by atoms with Gasteiger partial charge in [-0.05, 0) is 37.0 Å². The number of aryl methyl sites for hydroxylation is 1. The van der Waals surface area contributed by atoms with Gasteiger partial charge in [0, 0.05) is 42.4 Å². The number of nitrogens with one attached hydrogen (secondary N) is 2. The quantitative estimate of drug-likeness (QED) is 0.216. The molecule has 1 aromatic heterocycles. The van der Waals surface area contributed by atoms with E-state index in [0.717, 1.165) is 42.2 Å². The average Bonchev–Trinajstić information content (AvgIpc) is 3.30. The molecule has 0 unspecified atom stereocenters. The van der Waals surface area contributed by atoms with E-state index in [9.17, 15) is 0 Å². The molecule has 1 fully saturated rings. The molecule has 3 rings (SSSR count). The maximum absolute atomic E-state index is 5.28. The molecule has 0 spiro atoms. The van der Waals surface area contributed by atoms with Crippen molar-refractivity contribution in [3.63, 3.8) is 0 Å². The molecule has 8 heteroatoms. The molecule has 0 radical (unpaired) electrons. The summed E-state index contributed by atoms with van der Waals surface area (Å²) < 4.78 is 6.41. The van der Waals surface area contributed by atoms with Crippen LogP contribution in [0.5, 0.6) is 0 Å². The van der Waals surface area contributed by atoms with Crippen LogP contribution in [0.15, 0.2) is 38.3 Å². The number of benzene rings is 1. The highest BCUT2D eigenvalue weighted by atomic mass is 127. The minimum atomic E-state index is 0. The van der Waals surface area contributed by atoms with Crippen LogP contribution in [-0.4, -0.2) is 36.2 Å². The monoisotopic (exact) mass is 561 g/mol. The number of guanidine groups is 1. The molecule has 0 saturated heterocycles. The van der Waals surface area contributed by atoms with E-state index < -0.39 is 0 Å². The molecule has 0 amide bonds. The highest BCUT2D eigenvalue weighted by molar-refractivity contribution is 14.0. The Morgan fingerprint density at radius 3 is 2.71 bits per heavy atom. The number of aliphatic imine (C=N–C) groups is 1. The minimum absolute atomic E-state index is 0. The maximum atomic E-state index is 5.28. The first-order valence-corrected chi connectivity index (χ1v) is 10.3. The average molecular weight is 562 g/mol. The lowest BCUT2D eigenvalue weighted by Gasteiger charge is -2.19. The Morgan fingerprint density at radius 1 is 1.32 bits per heavy atom. The number of aromatic nitrogens is 2. The van der Waals surface area contributed by atoms with E-state index >= 15 is 0 Å². The summed E-state index contributed by atoms with van der Waals surface area (Å²) in [6.07, 6.45) is 4.11. The SMILES string of the molecule is CN=C(NCCCc1nc(C(C)C)no1)NCC1(c2cccc(Br)c2)CC1.I. The Kier molecular flexibility index (Phi) is 8.73. The van der Waals surface area contributed by atoms with Crippen molar-refractivity contribution < 1.29 is 4.52 Å². The maximum Gasteiger partial charge on any atom is 0.226 e. The third-order valence-corrected chi connectivity index (χ3v) is 5.46. The molecule has 2 N–H and O–H groups in total. The zero-order chi connectivity index (χ0) is 19.3. The summed E-state index contributed by atoms with van der Waals surface area (Å²) in [5.74, 6) is 2.61. The van der Waals surface area contributed by atoms with E-state index in [1.54, 1.807) is 7.05 Å². The molecule has 0 aliphatic heterocycles. The fourth-order valence-corrected chi connectivity index (χ4v) is 3.46. The van der Waals surface area contributed by atoms with Crippen LogP contribution in [0.25, 0.3) is 0 Å². The first kappa shape index (κ1) is 23.1. The van der Waals surface area contributed by atoms with Crippen molar-refractivity contribution in [3.05, 3.63) is 46.0 Å². The van der Waals surface area contributed by atoms with Crippen LogP contribution in [0.1, 0.15) is 56.3 Å². The molecule has 2 aromatic rings. The fraction of sp³-hybridized carbons (Fsp3) is 0.550. The second-order valence-electron chi connectivity index (χ2n) is 7.45. The number of hydrogen-bond acceptors (Lipinski definition) is 4. The molecule has 28 heavy (non-hydrogen) atoms. The van der Waals surface area contributed by atoms with Gasteiger partial charge < -0.3 is 15.2 Å². The summed E-state index contributed by atoms with van der Waals surface area (Å²) in [6.45, 7) is 5.83. The van der Waals surface area contributed by atoms with Gasteiger partial charge in [-0.3, -0.25) is 4.99 Å². The van der Waals surface area contributed by atoms with Gasteiger partial charge in [-0.2, -0.15) is 4.98 Å². The van der Waals surface area contributed by atoms with Gasteiger partial charge in [-0.25, -0.2) is 0 Å². The van der Waals surface area contributed by atoms with E-state index in [2.05, 4.69) is 79.8 Å². The highest BCUT2D eigenvalue weighted by Gasteiger charge is 2.44. The van der Waals surface area contributed by atoms with Crippen molar-refractivity contribution >= 4 is 45.9 Å². The van der Waals surface area contributed by atoms with Gasteiger partial charge in [0.2, 0.25) is 5.89 Å². The Balaban J connectivity index is 0.00000280. The lowest BCUT2D eigenvalue weighted by Crippen LogP contribution is -2.41. The van der Waals surface area contributed by atoms with Crippen LogP contribution in [0.2, 0.25) is 0 Å². The van der Waals surface area contributed by atoms with Crippen molar-refractivity contribution in [3.8, 4) is 0 Å². The number of rotatable bonds is 8. The summed E-state index contributed by atoms with van der Waals surface area (Å²) >= 11 is 3.57. The molecule has 1 aliphatic rings. The van der Waals surface area contributed by atoms with Gasteiger partial charge in [0.15, 0.2) is 11.8 Å². The van der Waals surface area contributed by atoms with E-state index in [1.165, 1.54) is 18.4 Å². The number of nitrogens with zero attached hydrogens (tertiary/aromatic N) is 3. The fourth-order valence-electron chi connectivity index (χ4n) is 3.06. The number of halogens is 2. The van der Waals surface area contributed by atoms with E-state index in [4.69, 9.17) is 4.52 Å². The van der Waals surface area contributed by atoms with Gasteiger partial charge in [0.1, 0.15) is 0 Å². The first-order chi connectivity index (χ1) is 13.0. The van der Waals surface area contributed by atoms with Gasteiger partial charge in [0.25, 0.3) is 0 Å².